The molecule has 4 aromatic rings. The number of carboxylic acids is 1. The lowest BCUT2D eigenvalue weighted by Gasteiger charge is -2.25. The van der Waals surface area contributed by atoms with Gasteiger partial charge in [0.05, 0.1) is 12.7 Å². The Kier molecular flexibility index (Phi) is 10.4. The van der Waals surface area contributed by atoms with Crippen LogP contribution in [0.1, 0.15) is 78.7 Å². The molecule has 0 fully saturated rings. The van der Waals surface area contributed by atoms with Crippen LogP contribution < -0.4 is 10.1 Å². The van der Waals surface area contributed by atoms with Crippen molar-refractivity contribution in [3.05, 3.63) is 136 Å². The van der Waals surface area contributed by atoms with E-state index in [1.807, 2.05) is 30.3 Å². The maximum absolute atomic E-state index is 14.2. The molecule has 0 saturated heterocycles. The topological polar surface area (TPSA) is 58.6 Å². The number of carbonyl (C=O) groups is 1. The second-order valence-electron chi connectivity index (χ2n) is 11.7. The molecule has 2 atom stereocenters. The van der Waals surface area contributed by atoms with Crippen LogP contribution in [0.4, 0.5) is 4.39 Å². The Morgan fingerprint density at radius 2 is 1.59 bits per heavy atom. The highest BCUT2D eigenvalue weighted by Crippen LogP contribution is 2.35. The molecule has 2 unspecified atom stereocenters. The second kappa shape index (κ2) is 14.2. The lowest BCUT2D eigenvalue weighted by Crippen LogP contribution is -2.14. The number of hydrogen-bond acceptors (Lipinski definition) is 3. The molecule has 0 spiro atoms. The molecule has 0 amide bonds. The Hall–Kier alpha value is -4.64. The van der Waals surface area contributed by atoms with Crippen LogP contribution in [0.2, 0.25) is 0 Å². The van der Waals surface area contributed by atoms with E-state index in [0.717, 1.165) is 34.4 Å². The highest BCUT2D eigenvalue weighted by atomic mass is 19.1. The zero-order chi connectivity index (χ0) is 32.0. The van der Waals surface area contributed by atoms with Gasteiger partial charge < -0.3 is 15.2 Å². The number of carboxylic acid groups (broad SMARTS) is 1. The minimum absolute atomic E-state index is 0.229. The molecule has 0 bridgehead atoms. The van der Waals surface area contributed by atoms with Gasteiger partial charge in [-0.05, 0) is 108 Å². The quantitative estimate of drug-likeness (QED) is 0.172. The van der Waals surface area contributed by atoms with E-state index in [0.29, 0.717) is 18.0 Å². The average Bonchev–Trinajstić information content (AvgIpc) is 3.02. The van der Waals surface area contributed by atoms with E-state index >= 15 is 0 Å². The van der Waals surface area contributed by atoms with Gasteiger partial charge >= 0.3 is 5.97 Å². The van der Waals surface area contributed by atoms with E-state index in [1.54, 1.807) is 18.2 Å². The Morgan fingerprint density at radius 3 is 2.23 bits per heavy atom. The van der Waals surface area contributed by atoms with Crippen molar-refractivity contribution in [1.82, 2.24) is 5.32 Å². The molecular weight excluding hydrogens is 549 g/mol. The number of hydrogen-bond donors (Lipinski definition) is 2. The molecule has 0 aromatic heterocycles. The van der Waals surface area contributed by atoms with Crippen molar-refractivity contribution in [3.8, 4) is 16.9 Å². The van der Waals surface area contributed by atoms with Gasteiger partial charge in [-0.15, -0.1) is 0 Å². The number of benzene rings is 4. The lowest BCUT2D eigenvalue weighted by molar-refractivity contribution is 0.0697. The maximum atomic E-state index is 14.2. The van der Waals surface area contributed by atoms with Crippen LogP contribution in [0.5, 0.6) is 5.75 Å². The van der Waals surface area contributed by atoms with Gasteiger partial charge in [0.1, 0.15) is 0 Å². The van der Waals surface area contributed by atoms with E-state index in [9.17, 15) is 14.3 Å². The predicted molar refractivity (Wildman–Crippen MR) is 179 cm³/mol. The Morgan fingerprint density at radius 1 is 0.909 bits per heavy atom. The minimum atomic E-state index is -0.924. The minimum Gasteiger partial charge on any atom is -0.494 e. The molecule has 0 radical (unpaired) electrons. The summed E-state index contributed by atoms with van der Waals surface area (Å²) < 4.78 is 19.2. The first-order valence-electron chi connectivity index (χ1n) is 15.0. The van der Waals surface area contributed by atoms with E-state index < -0.39 is 5.97 Å². The van der Waals surface area contributed by atoms with Crippen molar-refractivity contribution < 1.29 is 19.0 Å². The molecule has 0 aliphatic heterocycles. The number of aromatic carboxylic acids is 1. The Labute approximate surface area is 260 Å². The molecule has 44 heavy (non-hydrogen) atoms. The zero-order valence-electron chi connectivity index (χ0n) is 26.5. The van der Waals surface area contributed by atoms with Crippen LogP contribution >= 0.6 is 0 Å². The molecule has 4 rings (SSSR count). The molecule has 4 aromatic carbocycles. The van der Waals surface area contributed by atoms with Crippen LogP contribution in [-0.2, 0) is 13.0 Å². The first-order chi connectivity index (χ1) is 21.0. The Balaban J connectivity index is 1.52. The molecule has 5 heteroatoms. The highest BCUT2D eigenvalue weighted by Gasteiger charge is 2.20. The van der Waals surface area contributed by atoms with E-state index in [4.69, 9.17) is 4.74 Å². The summed E-state index contributed by atoms with van der Waals surface area (Å²) in [4.78, 5) is 11.7. The van der Waals surface area contributed by atoms with Gasteiger partial charge in [0, 0.05) is 12.2 Å². The summed E-state index contributed by atoms with van der Waals surface area (Å²) in [6.45, 7) is 15.7. The summed E-state index contributed by atoms with van der Waals surface area (Å²) in [6.07, 6.45) is 0.893. The van der Waals surface area contributed by atoms with Gasteiger partial charge in [-0.2, -0.15) is 0 Å². The highest BCUT2D eigenvalue weighted by molar-refractivity contribution is 5.96. The number of ether oxygens (including phenoxy) is 1. The summed E-state index contributed by atoms with van der Waals surface area (Å²) >= 11 is 0. The summed E-state index contributed by atoms with van der Waals surface area (Å²) in [5.74, 6) is -0.442. The number of allylic oxidation sites excluding steroid dienone is 2. The molecule has 2 N–H and O–H groups in total. The molecule has 0 aliphatic rings. The van der Waals surface area contributed by atoms with Gasteiger partial charge in [0.15, 0.2) is 11.6 Å². The number of nitrogens with one attached hydrogen (secondary N) is 1. The predicted octanol–water partition coefficient (Wildman–Crippen LogP) is 9.76. The van der Waals surface area contributed by atoms with Gasteiger partial charge in [0.25, 0.3) is 0 Å². The van der Waals surface area contributed by atoms with Gasteiger partial charge in [0.2, 0.25) is 0 Å². The summed E-state index contributed by atoms with van der Waals surface area (Å²) in [5.41, 5.74) is 10.7. The van der Waals surface area contributed by atoms with Crippen molar-refractivity contribution in [3.63, 3.8) is 0 Å². The summed E-state index contributed by atoms with van der Waals surface area (Å²) in [7, 11) is 1.46. The lowest BCUT2D eigenvalue weighted by atomic mass is 9.80. The van der Waals surface area contributed by atoms with Crippen LogP contribution in [-0.4, -0.2) is 18.2 Å². The van der Waals surface area contributed by atoms with E-state index in [2.05, 4.69) is 76.8 Å². The first kappa shape index (κ1) is 32.3. The average molecular weight is 592 g/mol. The normalized spacial score (nSPS) is 12.2. The van der Waals surface area contributed by atoms with Crippen LogP contribution in [0, 0.1) is 11.7 Å². The fourth-order valence-corrected chi connectivity index (χ4v) is 5.46. The summed E-state index contributed by atoms with van der Waals surface area (Å²) in [5, 5.41) is 12.9. The van der Waals surface area contributed by atoms with Crippen molar-refractivity contribution in [2.75, 3.05) is 7.11 Å². The molecule has 0 heterocycles. The van der Waals surface area contributed by atoms with Crippen molar-refractivity contribution in [1.29, 1.82) is 0 Å². The van der Waals surface area contributed by atoms with E-state index in [1.165, 1.54) is 41.0 Å². The standard InChI is InChI=1S/C39H42FNO3/c1-24(2)26(4)36-22-32(28(6)41-23-30-14-19-38(44-7)37(40)21-30)17-18-33(36)27(5)25(3)20-29-12-15-31(16-13-29)34-10-8-9-11-35(34)39(42)43/h8-19,21-22,25,27,41H,6,20,23H2,1-5,7H3,(H,42,43). The maximum Gasteiger partial charge on any atom is 0.336 e. The molecule has 4 nitrogen and oxygen atoms in total. The smallest absolute Gasteiger partial charge is 0.336 e. The van der Waals surface area contributed by atoms with E-state index in [-0.39, 0.29) is 17.5 Å². The van der Waals surface area contributed by atoms with Gasteiger partial charge in [-0.3, -0.25) is 0 Å². The molecule has 0 aliphatic carbocycles. The monoisotopic (exact) mass is 591 g/mol. The second-order valence-corrected chi connectivity index (χ2v) is 11.7. The molecule has 0 saturated carbocycles. The third-order valence-corrected chi connectivity index (χ3v) is 8.60. The number of halogens is 1. The fourth-order valence-electron chi connectivity index (χ4n) is 5.46. The molecule has 228 valence electrons. The third-order valence-electron chi connectivity index (χ3n) is 8.60. The third kappa shape index (κ3) is 7.46. The van der Waals surface area contributed by atoms with Crippen LogP contribution in [0.15, 0.2) is 97.1 Å². The SMILES string of the molecule is C=C(NCc1ccc(OC)c(F)c1)c1ccc(C(C)C(C)Cc2ccc(-c3ccccc3C(=O)O)cc2)c(C(C)=C(C)C)c1. The van der Waals surface area contributed by atoms with Crippen molar-refractivity contribution in [2.45, 2.75) is 53.5 Å². The number of methoxy groups -OCH3 is 1. The van der Waals surface area contributed by atoms with Gasteiger partial charge in [-0.25, -0.2) is 9.18 Å². The van der Waals surface area contributed by atoms with Crippen molar-refractivity contribution >= 4 is 17.2 Å². The van der Waals surface area contributed by atoms with Crippen LogP contribution in [0.25, 0.3) is 22.4 Å². The summed E-state index contributed by atoms with van der Waals surface area (Å²) in [6, 6.07) is 26.8. The molecular formula is C39H42FNO3. The number of rotatable bonds is 12. The largest absolute Gasteiger partial charge is 0.494 e. The fraction of sp³-hybridized carbons (Fsp3) is 0.256. The van der Waals surface area contributed by atoms with Crippen LogP contribution in [0.3, 0.4) is 0 Å². The Bertz CT molecular complexity index is 1680. The first-order valence-corrected chi connectivity index (χ1v) is 15.0. The van der Waals surface area contributed by atoms with Crippen molar-refractivity contribution in [2.24, 2.45) is 5.92 Å². The van der Waals surface area contributed by atoms with Gasteiger partial charge in [-0.1, -0.05) is 86.7 Å². The zero-order valence-corrected chi connectivity index (χ0v) is 26.5.